The van der Waals surface area contributed by atoms with E-state index in [9.17, 15) is 14.9 Å². The van der Waals surface area contributed by atoms with E-state index in [2.05, 4.69) is 0 Å². The van der Waals surface area contributed by atoms with Crippen LogP contribution in [0, 0.1) is 23.0 Å². The van der Waals surface area contributed by atoms with Crippen molar-refractivity contribution in [1.82, 2.24) is 0 Å². The van der Waals surface area contributed by atoms with Gasteiger partial charge in [-0.1, -0.05) is 12.1 Å². The number of aryl methyl sites for hydroxylation is 1. The molecule has 0 radical (unpaired) electrons. The van der Waals surface area contributed by atoms with Crippen LogP contribution in [0.1, 0.15) is 12.0 Å². The van der Waals surface area contributed by atoms with E-state index in [1.807, 2.05) is 17.9 Å². The van der Waals surface area contributed by atoms with Gasteiger partial charge in [0.2, 0.25) is 0 Å². The maximum atomic E-state index is 11.0. The van der Waals surface area contributed by atoms with Crippen molar-refractivity contribution in [3.63, 3.8) is 0 Å². The lowest BCUT2D eigenvalue weighted by Gasteiger charge is -2.40. The second kappa shape index (κ2) is 4.64. The lowest BCUT2D eigenvalue weighted by atomic mass is 9.94. The number of nitrogens with zero attached hydrogens (tertiary/aromatic N) is 2. The van der Waals surface area contributed by atoms with Gasteiger partial charge in [0.05, 0.1) is 11.3 Å². The number of nitro benzene ring substituents is 1. The summed E-state index contributed by atoms with van der Waals surface area (Å²) in [5.41, 5.74) is 1.55. The molecule has 6 nitrogen and oxygen atoms in total. The highest BCUT2D eigenvalue weighted by Crippen LogP contribution is 2.36. The average Bonchev–Trinajstić information content (AvgIpc) is 2.23. The molecule has 0 atom stereocenters. The van der Waals surface area contributed by atoms with Gasteiger partial charge in [0.1, 0.15) is 5.69 Å². The van der Waals surface area contributed by atoms with E-state index in [1.165, 1.54) is 6.07 Å². The highest BCUT2D eigenvalue weighted by Gasteiger charge is 2.33. The van der Waals surface area contributed by atoms with Crippen LogP contribution >= 0.6 is 0 Å². The van der Waals surface area contributed by atoms with Gasteiger partial charge < -0.3 is 10.0 Å². The summed E-state index contributed by atoms with van der Waals surface area (Å²) in [4.78, 5) is 23.0. The first-order chi connectivity index (χ1) is 8.49. The predicted octanol–water partition coefficient (Wildman–Crippen LogP) is 1.81. The Morgan fingerprint density at radius 2 is 2.22 bits per heavy atom. The Balaban J connectivity index is 2.16. The van der Waals surface area contributed by atoms with Gasteiger partial charge >= 0.3 is 5.97 Å². The third-order valence-corrected chi connectivity index (χ3v) is 3.15. The Labute approximate surface area is 104 Å². The van der Waals surface area contributed by atoms with Crippen LogP contribution in [0.2, 0.25) is 0 Å². The van der Waals surface area contributed by atoms with E-state index in [4.69, 9.17) is 5.11 Å². The summed E-state index contributed by atoms with van der Waals surface area (Å²) >= 11 is 0. The number of carboxylic acids is 1. The fraction of sp³-hybridized carbons (Fsp3) is 0.417. The van der Waals surface area contributed by atoms with Crippen molar-refractivity contribution in [2.45, 2.75) is 13.3 Å². The van der Waals surface area contributed by atoms with Crippen molar-refractivity contribution in [3.8, 4) is 0 Å². The molecule has 1 heterocycles. The molecule has 96 valence electrons. The predicted molar refractivity (Wildman–Crippen MR) is 65.8 cm³/mol. The quantitative estimate of drug-likeness (QED) is 0.650. The van der Waals surface area contributed by atoms with Crippen LogP contribution in [0.5, 0.6) is 0 Å². The molecule has 18 heavy (non-hydrogen) atoms. The SMILES string of the molecule is Cc1cccc([N+](=O)[O-])c1N1CC(CC(=O)O)C1. The zero-order chi connectivity index (χ0) is 13.3. The van der Waals surface area contributed by atoms with Crippen molar-refractivity contribution in [3.05, 3.63) is 33.9 Å². The first kappa shape index (κ1) is 12.3. The fourth-order valence-corrected chi connectivity index (χ4v) is 2.33. The van der Waals surface area contributed by atoms with Gasteiger partial charge in [-0.25, -0.2) is 0 Å². The third-order valence-electron chi connectivity index (χ3n) is 3.15. The highest BCUT2D eigenvalue weighted by atomic mass is 16.6. The average molecular weight is 250 g/mol. The van der Waals surface area contributed by atoms with Crippen molar-refractivity contribution in [1.29, 1.82) is 0 Å². The van der Waals surface area contributed by atoms with E-state index in [1.54, 1.807) is 6.07 Å². The minimum absolute atomic E-state index is 0.0849. The van der Waals surface area contributed by atoms with E-state index in [-0.39, 0.29) is 18.0 Å². The van der Waals surface area contributed by atoms with Gasteiger partial charge in [-0.3, -0.25) is 14.9 Å². The number of carbonyl (C=O) groups is 1. The number of hydrogen-bond donors (Lipinski definition) is 1. The molecule has 1 aliphatic rings. The van der Waals surface area contributed by atoms with Crippen molar-refractivity contribution >= 4 is 17.3 Å². The van der Waals surface area contributed by atoms with Gasteiger partial charge in [-0.15, -0.1) is 0 Å². The van der Waals surface area contributed by atoms with Gasteiger partial charge in [-0.2, -0.15) is 0 Å². The second-order valence-corrected chi connectivity index (χ2v) is 4.57. The summed E-state index contributed by atoms with van der Waals surface area (Å²) in [6, 6.07) is 4.96. The van der Waals surface area contributed by atoms with E-state index < -0.39 is 10.9 Å². The molecule has 2 rings (SSSR count). The summed E-state index contributed by atoms with van der Waals surface area (Å²) in [6.07, 6.45) is 0.121. The summed E-state index contributed by atoms with van der Waals surface area (Å²) < 4.78 is 0. The molecule has 1 aliphatic heterocycles. The Kier molecular flexibility index (Phi) is 3.18. The van der Waals surface area contributed by atoms with E-state index >= 15 is 0 Å². The van der Waals surface area contributed by atoms with Gasteiger partial charge in [0, 0.05) is 25.1 Å². The molecule has 1 saturated heterocycles. The Bertz CT molecular complexity index is 495. The molecular formula is C12H14N2O4. The lowest BCUT2D eigenvalue weighted by Crippen LogP contribution is -2.48. The number of hydrogen-bond acceptors (Lipinski definition) is 4. The maximum Gasteiger partial charge on any atom is 0.303 e. The molecule has 0 saturated carbocycles. The Morgan fingerprint density at radius 3 is 2.78 bits per heavy atom. The molecule has 0 spiro atoms. The maximum absolute atomic E-state index is 11.0. The first-order valence-corrected chi connectivity index (χ1v) is 5.69. The molecule has 0 unspecified atom stereocenters. The topological polar surface area (TPSA) is 83.7 Å². The standard InChI is InChI=1S/C12H14N2O4/c1-8-3-2-4-10(14(17)18)12(8)13-6-9(7-13)5-11(15)16/h2-4,9H,5-7H2,1H3,(H,15,16). The molecule has 1 fully saturated rings. The van der Waals surface area contributed by atoms with Crippen LogP contribution in [0.3, 0.4) is 0 Å². The molecule has 6 heteroatoms. The fourth-order valence-electron chi connectivity index (χ4n) is 2.33. The second-order valence-electron chi connectivity index (χ2n) is 4.57. The number of anilines is 1. The lowest BCUT2D eigenvalue weighted by molar-refractivity contribution is -0.384. The smallest absolute Gasteiger partial charge is 0.303 e. The van der Waals surface area contributed by atoms with Crippen LogP contribution < -0.4 is 4.90 Å². The van der Waals surface area contributed by atoms with Crippen molar-refractivity contribution in [2.75, 3.05) is 18.0 Å². The van der Waals surface area contributed by atoms with Crippen molar-refractivity contribution in [2.24, 2.45) is 5.92 Å². The number of carboxylic acid groups (broad SMARTS) is 1. The zero-order valence-electron chi connectivity index (χ0n) is 10.00. The summed E-state index contributed by atoms with van der Waals surface area (Å²) in [7, 11) is 0. The number of benzene rings is 1. The third kappa shape index (κ3) is 2.27. The molecule has 0 amide bonds. The molecule has 0 aliphatic carbocycles. The highest BCUT2D eigenvalue weighted by molar-refractivity contribution is 5.71. The molecule has 1 aromatic carbocycles. The van der Waals surface area contributed by atoms with E-state index in [0.717, 1.165) is 5.56 Å². The normalized spacial score (nSPS) is 15.3. The zero-order valence-corrected chi connectivity index (χ0v) is 10.00. The van der Waals surface area contributed by atoms with Crippen LogP contribution in [-0.4, -0.2) is 29.1 Å². The van der Waals surface area contributed by atoms with E-state index in [0.29, 0.717) is 18.8 Å². The summed E-state index contributed by atoms with van der Waals surface area (Å²) in [6.45, 7) is 2.96. The minimum Gasteiger partial charge on any atom is -0.481 e. The molecule has 1 N–H and O–H groups in total. The molecule has 0 bridgehead atoms. The molecule has 1 aromatic rings. The van der Waals surface area contributed by atoms with Crippen LogP contribution in [-0.2, 0) is 4.79 Å². The molecule has 0 aromatic heterocycles. The molecular weight excluding hydrogens is 236 g/mol. The number of para-hydroxylation sites is 1. The monoisotopic (exact) mass is 250 g/mol. The van der Waals surface area contributed by atoms with Crippen LogP contribution in [0.15, 0.2) is 18.2 Å². The minimum atomic E-state index is -0.820. The Morgan fingerprint density at radius 1 is 1.56 bits per heavy atom. The first-order valence-electron chi connectivity index (χ1n) is 5.69. The largest absolute Gasteiger partial charge is 0.481 e. The summed E-state index contributed by atoms with van der Waals surface area (Å²) in [5, 5.41) is 19.6. The number of nitro groups is 1. The number of aliphatic carboxylic acids is 1. The number of rotatable bonds is 4. The van der Waals surface area contributed by atoms with Gasteiger partial charge in [0.15, 0.2) is 0 Å². The van der Waals surface area contributed by atoms with Gasteiger partial charge in [-0.05, 0) is 12.5 Å². The van der Waals surface area contributed by atoms with Crippen LogP contribution in [0.4, 0.5) is 11.4 Å². The van der Waals surface area contributed by atoms with Crippen molar-refractivity contribution < 1.29 is 14.8 Å². The summed E-state index contributed by atoms with van der Waals surface area (Å²) in [5.74, 6) is -0.736. The van der Waals surface area contributed by atoms with Gasteiger partial charge in [0.25, 0.3) is 5.69 Å². The van der Waals surface area contributed by atoms with Crippen LogP contribution in [0.25, 0.3) is 0 Å². The Hall–Kier alpha value is -2.11.